The summed E-state index contributed by atoms with van der Waals surface area (Å²) in [6, 6.07) is 15.4. The predicted octanol–water partition coefficient (Wildman–Crippen LogP) is 3.27. The van der Waals surface area contributed by atoms with Crippen molar-refractivity contribution in [3.8, 4) is 11.5 Å². The van der Waals surface area contributed by atoms with Crippen LogP contribution in [0.3, 0.4) is 0 Å². The Morgan fingerprint density at radius 2 is 1.78 bits per heavy atom. The van der Waals surface area contributed by atoms with E-state index in [1.807, 2.05) is 62.4 Å². The van der Waals surface area contributed by atoms with E-state index in [0.29, 0.717) is 18.9 Å². The third-order valence-corrected chi connectivity index (χ3v) is 3.46. The Bertz CT molecular complexity index is 637. The number of rotatable bonds is 7. The molecule has 2 aromatic rings. The van der Waals surface area contributed by atoms with Crippen LogP contribution in [-0.4, -0.2) is 25.2 Å². The van der Waals surface area contributed by atoms with Gasteiger partial charge in [0.15, 0.2) is 6.10 Å². The van der Waals surface area contributed by atoms with Gasteiger partial charge in [-0.15, -0.1) is 0 Å². The van der Waals surface area contributed by atoms with Crippen LogP contribution in [0, 0.1) is 13.8 Å². The number of nitrogens with one attached hydrogen (secondary N) is 1. The van der Waals surface area contributed by atoms with E-state index in [1.54, 1.807) is 6.92 Å². The maximum Gasteiger partial charge on any atom is 0.260 e. The second kappa shape index (κ2) is 8.22. The van der Waals surface area contributed by atoms with E-state index < -0.39 is 6.10 Å². The standard InChI is InChI=1S/C19H23NO3/c1-14-8-10-17(11-9-14)23-16(3)19(21)20-12-13-22-18-7-5-4-6-15(18)2/h4-11,16H,12-13H2,1-3H3,(H,20,21). The SMILES string of the molecule is Cc1ccc(OC(C)C(=O)NCCOc2ccccc2C)cc1. The fourth-order valence-corrected chi connectivity index (χ4v) is 2.07. The van der Waals surface area contributed by atoms with Crippen molar-refractivity contribution in [2.75, 3.05) is 13.2 Å². The highest BCUT2D eigenvalue weighted by Gasteiger charge is 2.13. The quantitative estimate of drug-likeness (QED) is 0.798. The van der Waals surface area contributed by atoms with Crippen LogP contribution < -0.4 is 14.8 Å². The minimum absolute atomic E-state index is 0.154. The van der Waals surface area contributed by atoms with Gasteiger partial charge in [-0.3, -0.25) is 4.79 Å². The lowest BCUT2D eigenvalue weighted by atomic mass is 10.2. The first-order valence-electron chi connectivity index (χ1n) is 7.76. The van der Waals surface area contributed by atoms with Gasteiger partial charge in [0.25, 0.3) is 5.91 Å². The molecule has 1 amide bonds. The fourth-order valence-electron chi connectivity index (χ4n) is 2.07. The van der Waals surface area contributed by atoms with Gasteiger partial charge in [-0.25, -0.2) is 0 Å². The molecule has 4 heteroatoms. The first kappa shape index (κ1) is 16.9. The molecule has 0 aliphatic rings. The van der Waals surface area contributed by atoms with Gasteiger partial charge in [0.05, 0.1) is 6.54 Å². The summed E-state index contributed by atoms with van der Waals surface area (Å²) in [7, 11) is 0. The van der Waals surface area contributed by atoms with Crippen molar-refractivity contribution in [2.45, 2.75) is 26.9 Å². The highest BCUT2D eigenvalue weighted by molar-refractivity contribution is 5.80. The molecule has 0 heterocycles. The fraction of sp³-hybridized carbons (Fsp3) is 0.316. The summed E-state index contributed by atoms with van der Waals surface area (Å²) >= 11 is 0. The molecule has 0 aliphatic heterocycles. The maximum absolute atomic E-state index is 12.0. The highest BCUT2D eigenvalue weighted by Crippen LogP contribution is 2.15. The van der Waals surface area contributed by atoms with E-state index in [9.17, 15) is 4.79 Å². The van der Waals surface area contributed by atoms with Crippen molar-refractivity contribution in [3.05, 3.63) is 59.7 Å². The Balaban J connectivity index is 1.72. The Morgan fingerprint density at radius 3 is 2.48 bits per heavy atom. The summed E-state index contributed by atoms with van der Waals surface area (Å²) in [4.78, 5) is 12.0. The lowest BCUT2D eigenvalue weighted by Gasteiger charge is -2.15. The molecule has 0 spiro atoms. The molecule has 0 saturated heterocycles. The lowest BCUT2D eigenvalue weighted by molar-refractivity contribution is -0.127. The average molecular weight is 313 g/mol. The van der Waals surface area contributed by atoms with E-state index in [0.717, 1.165) is 16.9 Å². The van der Waals surface area contributed by atoms with E-state index in [2.05, 4.69) is 5.32 Å². The molecular weight excluding hydrogens is 290 g/mol. The summed E-state index contributed by atoms with van der Waals surface area (Å²) < 4.78 is 11.3. The average Bonchev–Trinajstić information content (AvgIpc) is 2.55. The molecule has 2 aromatic carbocycles. The lowest BCUT2D eigenvalue weighted by Crippen LogP contribution is -2.38. The second-order valence-corrected chi connectivity index (χ2v) is 5.48. The number of aryl methyl sites for hydroxylation is 2. The maximum atomic E-state index is 12.0. The number of carbonyl (C=O) groups is 1. The summed E-state index contributed by atoms with van der Waals surface area (Å²) in [5.74, 6) is 1.37. The molecule has 23 heavy (non-hydrogen) atoms. The Labute approximate surface area is 137 Å². The van der Waals surface area contributed by atoms with Crippen molar-refractivity contribution in [3.63, 3.8) is 0 Å². The number of hydrogen-bond acceptors (Lipinski definition) is 3. The zero-order valence-corrected chi connectivity index (χ0v) is 13.8. The topological polar surface area (TPSA) is 47.6 Å². The number of hydrogen-bond donors (Lipinski definition) is 1. The van der Waals surface area contributed by atoms with Gasteiger partial charge in [-0.1, -0.05) is 35.9 Å². The van der Waals surface area contributed by atoms with Gasteiger partial charge in [0.2, 0.25) is 0 Å². The highest BCUT2D eigenvalue weighted by atomic mass is 16.5. The monoisotopic (exact) mass is 313 g/mol. The molecule has 0 fully saturated rings. The number of amides is 1. The molecule has 0 radical (unpaired) electrons. The van der Waals surface area contributed by atoms with Gasteiger partial charge in [0, 0.05) is 0 Å². The molecule has 2 rings (SSSR count). The zero-order chi connectivity index (χ0) is 16.7. The number of carbonyl (C=O) groups excluding carboxylic acids is 1. The van der Waals surface area contributed by atoms with Gasteiger partial charge in [-0.2, -0.15) is 0 Å². The molecular formula is C19H23NO3. The van der Waals surface area contributed by atoms with E-state index >= 15 is 0 Å². The number of para-hydroxylation sites is 1. The van der Waals surface area contributed by atoms with Crippen LogP contribution in [0.25, 0.3) is 0 Å². The number of ether oxygens (including phenoxy) is 2. The third kappa shape index (κ3) is 5.33. The van der Waals surface area contributed by atoms with Gasteiger partial charge in [0.1, 0.15) is 18.1 Å². The van der Waals surface area contributed by atoms with E-state index in [1.165, 1.54) is 0 Å². The summed E-state index contributed by atoms with van der Waals surface area (Å²) in [6.45, 7) is 6.60. The van der Waals surface area contributed by atoms with E-state index in [4.69, 9.17) is 9.47 Å². The van der Waals surface area contributed by atoms with Gasteiger partial charge < -0.3 is 14.8 Å². The smallest absolute Gasteiger partial charge is 0.260 e. The van der Waals surface area contributed by atoms with Crippen LogP contribution in [0.1, 0.15) is 18.1 Å². The van der Waals surface area contributed by atoms with Crippen molar-refractivity contribution in [1.82, 2.24) is 5.32 Å². The van der Waals surface area contributed by atoms with Crippen LogP contribution in [-0.2, 0) is 4.79 Å². The Kier molecular flexibility index (Phi) is 6.03. The Morgan fingerprint density at radius 1 is 1.09 bits per heavy atom. The third-order valence-electron chi connectivity index (χ3n) is 3.46. The number of benzene rings is 2. The van der Waals surface area contributed by atoms with Gasteiger partial charge in [-0.05, 0) is 44.5 Å². The van der Waals surface area contributed by atoms with Crippen molar-refractivity contribution in [2.24, 2.45) is 0 Å². The molecule has 0 bridgehead atoms. The minimum Gasteiger partial charge on any atom is -0.491 e. The van der Waals surface area contributed by atoms with Crippen LogP contribution >= 0.6 is 0 Å². The molecule has 1 N–H and O–H groups in total. The van der Waals surface area contributed by atoms with Crippen LogP contribution in [0.4, 0.5) is 0 Å². The Hall–Kier alpha value is -2.49. The molecule has 0 aliphatic carbocycles. The molecule has 0 aromatic heterocycles. The summed E-state index contributed by atoms with van der Waals surface area (Å²) in [5.41, 5.74) is 2.23. The second-order valence-electron chi connectivity index (χ2n) is 5.48. The van der Waals surface area contributed by atoms with Crippen molar-refractivity contribution < 1.29 is 14.3 Å². The minimum atomic E-state index is -0.545. The predicted molar refractivity (Wildman–Crippen MR) is 91.0 cm³/mol. The van der Waals surface area contributed by atoms with Crippen molar-refractivity contribution in [1.29, 1.82) is 0 Å². The molecule has 1 atom stereocenters. The van der Waals surface area contributed by atoms with Crippen molar-refractivity contribution >= 4 is 5.91 Å². The van der Waals surface area contributed by atoms with Gasteiger partial charge >= 0.3 is 0 Å². The summed E-state index contributed by atoms with van der Waals surface area (Å²) in [6.07, 6.45) is -0.545. The van der Waals surface area contributed by atoms with E-state index in [-0.39, 0.29) is 5.91 Å². The summed E-state index contributed by atoms with van der Waals surface area (Å²) in [5, 5.41) is 2.81. The molecule has 122 valence electrons. The molecule has 4 nitrogen and oxygen atoms in total. The first-order valence-corrected chi connectivity index (χ1v) is 7.76. The molecule has 0 saturated carbocycles. The zero-order valence-electron chi connectivity index (χ0n) is 13.8. The van der Waals surface area contributed by atoms with Crippen LogP contribution in [0.2, 0.25) is 0 Å². The largest absolute Gasteiger partial charge is 0.491 e. The van der Waals surface area contributed by atoms with Crippen LogP contribution in [0.15, 0.2) is 48.5 Å². The normalized spacial score (nSPS) is 11.6. The van der Waals surface area contributed by atoms with Crippen LogP contribution in [0.5, 0.6) is 11.5 Å². The molecule has 1 unspecified atom stereocenters. The first-order chi connectivity index (χ1) is 11.1.